The minimum absolute atomic E-state index is 0.214. The first-order valence-electron chi connectivity index (χ1n) is 12.0. The number of carbonyl (C=O) groups is 3. The Hall–Kier alpha value is -4.70. The van der Waals surface area contributed by atoms with E-state index in [0.717, 1.165) is 0 Å². The van der Waals surface area contributed by atoms with Gasteiger partial charge >= 0.3 is 17.9 Å². The van der Waals surface area contributed by atoms with Crippen molar-refractivity contribution in [1.82, 2.24) is 0 Å². The van der Waals surface area contributed by atoms with Crippen LogP contribution in [0.5, 0.6) is 0 Å². The number of carbonyl (C=O) groups excluding carboxylic acids is 3. The van der Waals surface area contributed by atoms with Gasteiger partial charge in [-0.25, -0.2) is 14.4 Å². The summed E-state index contributed by atoms with van der Waals surface area (Å²) >= 11 is 0. The van der Waals surface area contributed by atoms with Crippen LogP contribution in [0, 0.1) is 0 Å². The maximum absolute atomic E-state index is 13.2. The molecule has 3 aromatic rings. The van der Waals surface area contributed by atoms with Gasteiger partial charge in [-0.1, -0.05) is 59.7 Å². The van der Waals surface area contributed by atoms with Crippen molar-refractivity contribution in [3.8, 4) is 0 Å². The number of rotatable bonds is 9. The number of methoxy groups -OCH3 is 1. The second-order valence-electron chi connectivity index (χ2n) is 8.40. The van der Waals surface area contributed by atoms with Crippen molar-refractivity contribution >= 4 is 17.9 Å². The highest BCUT2D eigenvalue weighted by atomic mass is 16.7. The summed E-state index contributed by atoms with van der Waals surface area (Å²) in [6.07, 6.45) is -6.44. The number of hydrogen-bond acceptors (Lipinski definition) is 9. The summed E-state index contributed by atoms with van der Waals surface area (Å²) < 4.78 is 28.7. The van der Waals surface area contributed by atoms with Crippen LogP contribution in [0.25, 0.3) is 10.4 Å². The number of benzene rings is 3. The van der Waals surface area contributed by atoms with Crippen LogP contribution >= 0.6 is 0 Å². The summed E-state index contributed by atoms with van der Waals surface area (Å²) in [5.74, 6) is -2.25. The van der Waals surface area contributed by atoms with Gasteiger partial charge in [-0.2, -0.15) is 0 Å². The predicted octanol–water partition coefficient (Wildman–Crippen LogP) is 4.34. The van der Waals surface area contributed by atoms with Crippen molar-refractivity contribution in [3.63, 3.8) is 0 Å². The zero-order valence-corrected chi connectivity index (χ0v) is 20.9. The summed E-state index contributed by atoms with van der Waals surface area (Å²) in [4.78, 5) is 42.0. The molecule has 0 amide bonds. The van der Waals surface area contributed by atoms with Crippen molar-refractivity contribution < 1.29 is 38.1 Å². The summed E-state index contributed by atoms with van der Waals surface area (Å²) in [6, 6.07) is 24.4. The maximum Gasteiger partial charge on any atom is 0.338 e. The van der Waals surface area contributed by atoms with E-state index in [9.17, 15) is 14.4 Å². The molecule has 39 heavy (non-hydrogen) atoms. The Morgan fingerprint density at radius 1 is 0.718 bits per heavy atom. The maximum atomic E-state index is 13.2. The number of nitrogens with zero attached hydrogens (tertiary/aromatic N) is 3. The van der Waals surface area contributed by atoms with E-state index in [2.05, 4.69) is 10.0 Å². The van der Waals surface area contributed by atoms with Crippen molar-refractivity contribution in [3.05, 3.63) is 118 Å². The van der Waals surface area contributed by atoms with Crippen LogP contribution in [0.4, 0.5) is 0 Å². The fourth-order valence-corrected chi connectivity index (χ4v) is 4.03. The van der Waals surface area contributed by atoms with Gasteiger partial charge in [-0.3, -0.25) is 0 Å². The molecule has 5 atom stereocenters. The van der Waals surface area contributed by atoms with Crippen molar-refractivity contribution in [2.45, 2.75) is 30.7 Å². The Morgan fingerprint density at radius 3 is 1.54 bits per heavy atom. The van der Waals surface area contributed by atoms with E-state index in [1.807, 2.05) is 0 Å². The SMILES string of the molecule is CO[C@@H]1O[C@@H](CN=[N+]=[N-])C(OC(=O)c2ccccc2)[C@H](OC(=O)c2ccccc2)[C@@H]1OC(=O)c1ccccc1. The molecule has 3 aromatic carbocycles. The molecule has 1 aliphatic heterocycles. The number of azide groups is 1. The molecular weight excluding hydrogens is 506 g/mol. The predicted molar refractivity (Wildman–Crippen MR) is 137 cm³/mol. The van der Waals surface area contributed by atoms with Gasteiger partial charge in [0.2, 0.25) is 0 Å². The fourth-order valence-electron chi connectivity index (χ4n) is 4.03. The smallest absolute Gasteiger partial charge is 0.338 e. The van der Waals surface area contributed by atoms with Gasteiger partial charge in [0.15, 0.2) is 24.6 Å². The number of hydrogen-bond donors (Lipinski definition) is 0. The molecule has 0 aliphatic carbocycles. The van der Waals surface area contributed by atoms with E-state index in [4.69, 9.17) is 29.2 Å². The molecule has 1 unspecified atom stereocenters. The molecule has 11 heteroatoms. The number of esters is 3. The zero-order chi connectivity index (χ0) is 27.6. The standard InChI is InChI=1S/C28H25N3O8/c1-35-28-24(39-27(34)20-15-9-4-10-16-20)23(38-26(33)19-13-7-3-8-14-19)22(21(36-28)17-30-31-29)37-25(32)18-11-5-2-6-12-18/h2-16,21-24,28H,17H2,1H3/t21-,22?,23-,24-,28+/m0/s1. The molecule has 1 aliphatic rings. The molecule has 0 spiro atoms. The lowest BCUT2D eigenvalue weighted by Crippen LogP contribution is -2.62. The lowest BCUT2D eigenvalue weighted by atomic mass is 9.97. The van der Waals surface area contributed by atoms with Gasteiger partial charge < -0.3 is 23.7 Å². The molecule has 4 rings (SSSR count). The molecule has 1 heterocycles. The van der Waals surface area contributed by atoms with Gasteiger partial charge in [0.1, 0.15) is 6.10 Å². The van der Waals surface area contributed by atoms with Crippen LogP contribution in [0.3, 0.4) is 0 Å². The van der Waals surface area contributed by atoms with Gasteiger partial charge in [0.05, 0.1) is 23.2 Å². The monoisotopic (exact) mass is 531 g/mol. The Morgan fingerprint density at radius 2 is 1.13 bits per heavy atom. The molecule has 0 aromatic heterocycles. The van der Waals surface area contributed by atoms with E-state index in [1.165, 1.54) is 7.11 Å². The second-order valence-corrected chi connectivity index (χ2v) is 8.40. The largest absolute Gasteiger partial charge is 0.452 e. The van der Waals surface area contributed by atoms with Crippen LogP contribution < -0.4 is 0 Å². The van der Waals surface area contributed by atoms with E-state index in [-0.39, 0.29) is 23.2 Å². The highest BCUT2D eigenvalue weighted by molar-refractivity contribution is 5.91. The molecule has 0 N–H and O–H groups in total. The van der Waals surface area contributed by atoms with E-state index >= 15 is 0 Å². The Bertz CT molecular complexity index is 1320. The first-order valence-corrected chi connectivity index (χ1v) is 12.0. The van der Waals surface area contributed by atoms with Crippen molar-refractivity contribution in [2.75, 3.05) is 13.7 Å². The minimum Gasteiger partial charge on any atom is -0.452 e. The van der Waals surface area contributed by atoms with E-state index in [1.54, 1.807) is 91.0 Å². The first-order chi connectivity index (χ1) is 19.0. The average molecular weight is 532 g/mol. The molecule has 1 fully saturated rings. The van der Waals surface area contributed by atoms with Gasteiger partial charge in [0.25, 0.3) is 0 Å². The van der Waals surface area contributed by atoms with Crippen LogP contribution in [-0.4, -0.2) is 62.3 Å². The Labute approximate surface area is 223 Å². The average Bonchev–Trinajstić information content (AvgIpc) is 2.99. The summed E-state index contributed by atoms with van der Waals surface area (Å²) in [5, 5.41) is 3.56. The highest BCUT2D eigenvalue weighted by Gasteiger charge is 2.52. The van der Waals surface area contributed by atoms with Gasteiger partial charge in [-0.15, -0.1) is 0 Å². The number of ether oxygens (including phenoxy) is 5. The van der Waals surface area contributed by atoms with Crippen LogP contribution in [-0.2, 0) is 23.7 Å². The van der Waals surface area contributed by atoms with Crippen molar-refractivity contribution in [2.24, 2.45) is 5.11 Å². The topological polar surface area (TPSA) is 146 Å². The molecule has 200 valence electrons. The molecular formula is C28H25N3O8. The quantitative estimate of drug-likeness (QED) is 0.130. The van der Waals surface area contributed by atoms with E-state index in [0.29, 0.717) is 0 Å². The lowest BCUT2D eigenvalue weighted by molar-refractivity contribution is -0.285. The summed E-state index contributed by atoms with van der Waals surface area (Å²) in [6.45, 7) is -0.290. The van der Waals surface area contributed by atoms with Gasteiger partial charge in [0, 0.05) is 12.0 Å². The molecule has 0 saturated carbocycles. The summed E-state index contributed by atoms with van der Waals surface area (Å²) in [7, 11) is 1.31. The lowest BCUT2D eigenvalue weighted by Gasteiger charge is -2.44. The van der Waals surface area contributed by atoms with Crippen molar-refractivity contribution in [1.29, 1.82) is 0 Å². The third kappa shape index (κ3) is 6.79. The fraction of sp³-hybridized carbons (Fsp3) is 0.250. The Balaban J connectivity index is 1.72. The summed E-state index contributed by atoms with van der Waals surface area (Å²) in [5.41, 5.74) is 9.60. The molecule has 0 bridgehead atoms. The zero-order valence-electron chi connectivity index (χ0n) is 20.9. The second kappa shape index (κ2) is 13.2. The molecule has 0 radical (unpaired) electrons. The first kappa shape index (κ1) is 27.3. The third-order valence-electron chi connectivity index (χ3n) is 5.91. The molecule has 1 saturated heterocycles. The normalized spacial score (nSPS) is 22.1. The highest BCUT2D eigenvalue weighted by Crippen LogP contribution is 2.31. The molecule has 11 nitrogen and oxygen atoms in total. The van der Waals surface area contributed by atoms with Gasteiger partial charge in [-0.05, 0) is 41.9 Å². The van der Waals surface area contributed by atoms with E-state index < -0.39 is 48.6 Å². The van der Waals surface area contributed by atoms with Crippen LogP contribution in [0.1, 0.15) is 31.1 Å². The van der Waals surface area contributed by atoms with Crippen LogP contribution in [0.2, 0.25) is 0 Å². The minimum atomic E-state index is -1.39. The Kier molecular flexibility index (Phi) is 9.25. The van der Waals surface area contributed by atoms with Crippen LogP contribution in [0.15, 0.2) is 96.1 Å². The third-order valence-corrected chi connectivity index (χ3v) is 5.91.